The summed E-state index contributed by atoms with van der Waals surface area (Å²) in [6.07, 6.45) is 3.39. The van der Waals surface area contributed by atoms with Crippen LogP contribution in [0.15, 0.2) is 53.9 Å². The summed E-state index contributed by atoms with van der Waals surface area (Å²) >= 11 is 1.61. The number of ether oxygens (including phenoxy) is 1. The molecule has 0 spiro atoms. The highest BCUT2D eigenvalue weighted by molar-refractivity contribution is 7.09. The zero-order valence-corrected chi connectivity index (χ0v) is 16.5. The van der Waals surface area contributed by atoms with Gasteiger partial charge in [0.25, 0.3) is 5.91 Å². The molecule has 140 valence electrons. The van der Waals surface area contributed by atoms with Crippen LogP contribution in [-0.2, 0) is 0 Å². The predicted octanol–water partition coefficient (Wildman–Crippen LogP) is 5.94. The lowest BCUT2D eigenvalue weighted by Gasteiger charge is -2.08. The van der Waals surface area contributed by atoms with Crippen LogP contribution in [0.1, 0.15) is 41.6 Å². The largest absolute Gasteiger partial charge is 0.494 e. The quantitative estimate of drug-likeness (QED) is 0.492. The summed E-state index contributed by atoms with van der Waals surface area (Å²) in [6, 6.07) is 15.0. The first-order chi connectivity index (χ1) is 13.2. The number of rotatable bonds is 8. The van der Waals surface area contributed by atoms with Crippen molar-refractivity contribution in [3.05, 3.63) is 64.5 Å². The first-order valence-electron chi connectivity index (χ1n) is 9.22. The van der Waals surface area contributed by atoms with Gasteiger partial charge < -0.3 is 10.1 Å². The van der Waals surface area contributed by atoms with Crippen molar-refractivity contribution in [2.75, 3.05) is 11.9 Å². The third kappa shape index (κ3) is 5.41. The number of hydrogen-bond acceptors (Lipinski definition) is 4. The lowest BCUT2D eigenvalue weighted by Crippen LogP contribution is -2.11. The minimum absolute atomic E-state index is 0.140. The van der Waals surface area contributed by atoms with Crippen molar-refractivity contribution in [2.24, 2.45) is 0 Å². The predicted molar refractivity (Wildman–Crippen MR) is 112 cm³/mol. The number of anilines is 1. The third-order valence-electron chi connectivity index (χ3n) is 4.17. The second kappa shape index (κ2) is 9.33. The first kappa shape index (κ1) is 19.1. The van der Waals surface area contributed by atoms with E-state index >= 15 is 0 Å². The fourth-order valence-electron chi connectivity index (χ4n) is 2.70. The highest BCUT2D eigenvalue weighted by atomic mass is 32.1. The molecule has 0 radical (unpaired) electrons. The molecule has 5 heteroatoms. The number of unbranched alkanes of at least 4 members (excludes halogenated alkanes) is 2. The Kier molecular flexibility index (Phi) is 6.60. The molecule has 0 aliphatic rings. The highest BCUT2D eigenvalue weighted by Crippen LogP contribution is 2.24. The molecular formula is C22H24N2O2S. The Bertz CT molecular complexity index is 887. The number of carbonyl (C=O) groups excluding carboxylic acids is 1. The molecule has 0 aliphatic carbocycles. The van der Waals surface area contributed by atoms with Crippen molar-refractivity contribution in [2.45, 2.75) is 33.1 Å². The van der Waals surface area contributed by atoms with Crippen LogP contribution in [0.4, 0.5) is 5.69 Å². The Labute approximate surface area is 164 Å². The average molecular weight is 381 g/mol. The molecule has 3 rings (SSSR count). The molecule has 3 aromatic rings. The summed E-state index contributed by atoms with van der Waals surface area (Å²) in [5, 5.41) is 6.00. The van der Waals surface area contributed by atoms with Crippen LogP contribution in [0.25, 0.3) is 11.3 Å². The van der Waals surface area contributed by atoms with Gasteiger partial charge in [-0.2, -0.15) is 0 Å². The van der Waals surface area contributed by atoms with Crippen LogP contribution in [-0.4, -0.2) is 17.5 Å². The molecule has 27 heavy (non-hydrogen) atoms. The van der Waals surface area contributed by atoms with E-state index in [1.54, 1.807) is 23.5 Å². The van der Waals surface area contributed by atoms with Gasteiger partial charge in [-0.1, -0.05) is 31.9 Å². The smallest absolute Gasteiger partial charge is 0.255 e. The van der Waals surface area contributed by atoms with Gasteiger partial charge in [-0.05, 0) is 49.7 Å². The van der Waals surface area contributed by atoms with E-state index in [2.05, 4.69) is 17.2 Å². The van der Waals surface area contributed by atoms with Crippen molar-refractivity contribution >= 4 is 22.9 Å². The lowest BCUT2D eigenvalue weighted by atomic mass is 10.1. The minimum Gasteiger partial charge on any atom is -0.494 e. The van der Waals surface area contributed by atoms with E-state index in [0.29, 0.717) is 12.2 Å². The zero-order chi connectivity index (χ0) is 19.1. The van der Waals surface area contributed by atoms with Crippen LogP contribution < -0.4 is 10.1 Å². The van der Waals surface area contributed by atoms with Crippen molar-refractivity contribution in [1.29, 1.82) is 0 Å². The van der Waals surface area contributed by atoms with Gasteiger partial charge in [0.15, 0.2) is 0 Å². The number of aromatic nitrogens is 1. The summed E-state index contributed by atoms with van der Waals surface area (Å²) in [6.45, 7) is 4.86. The first-order valence-corrected chi connectivity index (χ1v) is 10.1. The number of benzene rings is 2. The molecule has 0 atom stereocenters. The molecule has 0 bridgehead atoms. The van der Waals surface area contributed by atoms with Crippen LogP contribution >= 0.6 is 11.3 Å². The van der Waals surface area contributed by atoms with Crippen molar-refractivity contribution in [1.82, 2.24) is 4.98 Å². The van der Waals surface area contributed by atoms with Gasteiger partial charge in [0, 0.05) is 22.2 Å². The van der Waals surface area contributed by atoms with Gasteiger partial charge in [0.2, 0.25) is 0 Å². The number of aryl methyl sites for hydroxylation is 1. The molecule has 1 aromatic heterocycles. The number of carbonyl (C=O) groups is 1. The van der Waals surface area contributed by atoms with Gasteiger partial charge in [0.05, 0.1) is 17.3 Å². The Balaban J connectivity index is 1.62. The standard InChI is InChI=1S/C22H24N2O2S/c1-3-4-5-13-26-20-11-9-17(10-12-20)22(25)24-19-8-6-7-18(14-19)21-15-27-16(2)23-21/h6-12,14-15H,3-5,13H2,1-2H3,(H,24,25). The van der Waals surface area contributed by atoms with Crippen molar-refractivity contribution < 1.29 is 9.53 Å². The van der Waals surface area contributed by atoms with Crippen molar-refractivity contribution in [3.63, 3.8) is 0 Å². The van der Waals surface area contributed by atoms with Crippen molar-refractivity contribution in [3.8, 4) is 17.0 Å². The molecule has 0 aliphatic heterocycles. The molecule has 1 N–H and O–H groups in total. The summed E-state index contributed by atoms with van der Waals surface area (Å²) in [5.74, 6) is 0.655. The van der Waals surface area contributed by atoms with Gasteiger partial charge in [0.1, 0.15) is 5.75 Å². The second-order valence-electron chi connectivity index (χ2n) is 6.37. The van der Waals surface area contributed by atoms with Gasteiger partial charge in [-0.25, -0.2) is 4.98 Å². The lowest BCUT2D eigenvalue weighted by molar-refractivity contribution is 0.102. The highest BCUT2D eigenvalue weighted by Gasteiger charge is 2.08. The maximum absolute atomic E-state index is 12.5. The van der Waals surface area contributed by atoms with E-state index in [1.807, 2.05) is 48.7 Å². The van der Waals surface area contributed by atoms with Crippen LogP contribution in [0, 0.1) is 6.92 Å². The van der Waals surface area contributed by atoms with E-state index < -0.39 is 0 Å². The number of amides is 1. The molecule has 2 aromatic carbocycles. The minimum atomic E-state index is -0.140. The van der Waals surface area contributed by atoms with E-state index in [1.165, 1.54) is 12.8 Å². The number of nitrogens with one attached hydrogen (secondary N) is 1. The molecule has 4 nitrogen and oxygen atoms in total. The Morgan fingerprint density at radius 3 is 2.67 bits per heavy atom. The van der Waals surface area contributed by atoms with Gasteiger partial charge in [-0.15, -0.1) is 11.3 Å². The maximum Gasteiger partial charge on any atom is 0.255 e. The van der Waals surface area contributed by atoms with E-state index in [4.69, 9.17) is 4.74 Å². The normalized spacial score (nSPS) is 10.6. The van der Waals surface area contributed by atoms with Crippen LogP contribution in [0.3, 0.4) is 0 Å². The monoisotopic (exact) mass is 380 g/mol. The Morgan fingerprint density at radius 1 is 1.15 bits per heavy atom. The molecular weight excluding hydrogens is 356 g/mol. The number of thiazole rings is 1. The van der Waals surface area contributed by atoms with Crippen LogP contribution in [0.2, 0.25) is 0 Å². The van der Waals surface area contributed by atoms with E-state index in [0.717, 1.165) is 34.1 Å². The maximum atomic E-state index is 12.5. The van der Waals surface area contributed by atoms with Gasteiger partial charge in [-0.3, -0.25) is 4.79 Å². The number of hydrogen-bond donors (Lipinski definition) is 1. The summed E-state index contributed by atoms with van der Waals surface area (Å²) in [4.78, 5) is 17.0. The molecule has 1 heterocycles. The van der Waals surface area contributed by atoms with Gasteiger partial charge >= 0.3 is 0 Å². The molecule has 1 amide bonds. The molecule has 0 saturated carbocycles. The SMILES string of the molecule is CCCCCOc1ccc(C(=O)Nc2cccc(-c3csc(C)n3)c2)cc1. The summed E-state index contributed by atoms with van der Waals surface area (Å²) in [7, 11) is 0. The molecule has 0 saturated heterocycles. The summed E-state index contributed by atoms with van der Waals surface area (Å²) in [5.41, 5.74) is 3.28. The summed E-state index contributed by atoms with van der Waals surface area (Å²) < 4.78 is 5.69. The second-order valence-corrected chi connectivity index (χ2v) is 7.43. The molecule has 0 unspecified atom stereocenters. The van der Waals surface area contributed by atoms with E-state index in [9.17, 15) is 4.79 Å². The molecule has 0 fully saturated rings. The fourth-order valence-corrected chi connectivity index (χ4v) is 3.32. The average Bonchev–Trinajstić information content (AvgIpc) is 3.12. The Hall–Kier alpha value is -2.66. The van der Waals surface area contributed by atoms with Crippen LogP contribution in [0.5, 0.6) is 5.75 Å². The topological polar surface area (TPSA) is 51.2 Å². The number of nitrogens with zero attached hydrogens (tertiary/aromatic N) is 1. The Morgan fingerprint density at radius 2 is 1.96 bits per heavy atom. The fraction of sp³-hybridized carbons (Fsp3) is 0.273. The van der Waals surface area contributed by atoms with E-state index in [-0.39, 0.29) is 5.91 Å². The zero-order valence-electron chi connectivity index (χ0n) is 15.7. The third-order valence-corrected chi connectivity index (χ3v) is 4.94.